The lowest BCUT2D eigenvalue weighted by Gasteiger charge is -2.17. The van der Waals surface area contributed by atoms with Gasteiger partial charge in [-0.2, -0.15) is 0 Å². The molecule has 0 amide bonds. The molecular formula is C26H29N. The van der Waals surface area contributed by atoms with Crippen molar-refractivity contribution in [3.63, 3.8) is 0 Å². The monoisotopic (exact) mass is 355 g/mol. The van der Waals surface area contributed by atoms with Gasteiger partial charge in [0.2, 0.25) is 0 Å². The zero-order chi connectivity index (χ0) is 18.8. The molecule has 0 saturated carbocycles. The molecule has 0 radical (unpaired) electrons. The highest BCUT2D eigenvalue weighted by molar-refractivity contribution is 6.10. The topological polar surface area (TPSA) is 4.93 Å². The lowest BCUT2D eigenvalue weighted by atomic mass is 9.88. The summed E-state index contributed by atoms with van der Waals surface area (Å²) in [5.41, 5.74) is 8.79. The van der Waals surface area contributed by atoms with Gasteiger partial charge < -0.3 is 4.57 Å². The predicted molar refractivity (Wildman–Crippen MR) is 118 cm³/mol. The Bertz CT molecular complexity index is 1070. The van der Waals surface area contributed by atoms with Crippen LogP contribution in [0.15, 0.2) is 60.7 Å². The second kappa shape index (κ2) is 7.60. The van der Waals surface area contributed by atoms with Crippen LogP contribution in [0.5, 0.6) is 0 Å². The van der Waals surface area contributed by atoms with Crippen LogP contribution >= 0.6 is 0 Å². The fourth-order valence-electron chi connectivity index (χ4n) is 4.56. The van der Waals surface area contributed by atoms with Crippen LogP contribution in [0.4, 0.5) is 0 Å². The maximum absolute atomic E-state index is 2.46. The van der Waals surface area contributed by atoms with Crippen molar-refractivity contribution in [3.8, 4) is 0 Å². The number of aryl methyl sites for hydroxylation is 2. The standard InChI is InChI=1S/C26H29N/c1-4-11-21-20(17-19-13-7-6-8-14-19)18-25-26(22(21)12-5-2)23-15-9-10-16-24(23)27(25)3/h6-10,13-16,18H,4-5,11-12,17H2,1-3H3. The van der Waals surface area contributed by atoms with Gasteiger partial charge in [0.05, 0.1) is 0 Å². The fraction of sp³-hybridized carbons (Fsp3) is 0.308. The average Bonchev–Trinajstić information content (AvgIpc) is 2.98. The van der Waals surface area contributed by atoms with E-state index in [0.29, 0.717) is 0 Å². The Kier molecular flexibility index (Phi) is 5.03. The Morgan fingerprint density at radius 3 is 2.15 bits per heavy atom. The van der Waals surface area contributed by atoms with Gasteiger partial charge in [0.15, 0.2) is 0 Å². The Labute approximate surface area is 162 Å². The summed E-state index contributed by atoms with van der Waals surface area (Å²) in [4.78, 5) is 0. The summed E-state index contributed by atoms with van der Waals surface area (Å²) < 4.78 is 2.38. The molecular weight excluding hydrogens is 326 g/mol. The first-order valence-electron chi connectivity index (χ1n) is 10.3. The molecule has 0 fully saturated rings. The highest BCUT2D eigenvalue weighted by Crippen LogP contribution is 2.36. The van der Waals surface area contributed by atoms with Gasteiger partial charge in [0.25, 0.3) is 0 Å². The van der Waals surface area contributed by atoms with Crippen molar-refractivity contribution < 1.29 is 0 Å². The lowest BCUT2D eigenvalue weighted by molar-refractivity contribution is 0.854. The minimum Gasteiger partial charge on any atom is -0.344 e. The van der Waals surface area contributed by atoms with Crippen molar-refractivity contribution in [1.29, 1.82) is 0 Å². The predicted octanol–water partition coefficient (Wildman–Crippen LogP) is 6.83. The lowest BCUT2D eigenvalue weighted by Crippen LogP contribution is -2.03. The van der Waals surface area contributed by atoms with Crippen molar-refractivity contribution in [2.75, 3.05) is 0 Å². The molecule has 1 nitrogen and oxygen atoms in total. The van der Waals surface area contributed by atoms with Crippen molar-refractivity contribution in [2.24, 2.45) is 7.05 Å². The van der Waals surface area contributed by atoms with Gasteiger partial charge >= 0.3 is 0 Å². The molecule has 0 aliphatic carbocycles. The largest absolute Gasteiger partial charge is 0.344 e. The Morgan fingerprint density at radius 1 is 0.741 bits per heavy atom. The van der Waals surface area contributed by atoms with E-state index in [9.17, 15) is 0 Å². The molecule has 1 heterocycles. The van der Waals surface area contributed by atoms with E-state index in [4.69, 9.17) is 0 Å². The van der Waals surface area contributed by atoms with Gasteiger partial charge in [0.1, 0.15) is 0 Å². The quantitative estimate of drug-likeness (QED) is 0.357. The van der Waals surface area contributed by atoms with Crippen LogP contribution in [-0.4, -0.2) is 4.57 Å². The second-order valence-electron chi connectivity index (χ2n) is 7.63. The highest BCUT2D eigenvalue weighted by Gasteiger charge is 2.18. The molecule has 0 N–H and O–H groups in total. The number of hydrogen-bond acceptors (Lipinski definition) is 0. The molecule has 1 heteroatoms. The summed E-state index contributed by atoms with van der Waals surface area (Å²) in [6.45, 7) is 4.60. The number of rotatable bonds is 6. The normalized spacial score (nSPS) is 11.5. The second-order valence-corrected chi connectivity index (χ2v) is 7.63. The van der Waals surface area contributed by atoms with Crippen molar-refractivity contribution in [3.05, 3.63) is 82.9 Å². The first-order valence-corrected chi connectivity index (χ1v) is 10.3. The number of para-hydroxylation sites is 1. The van der Waals surface area contributed by atoms with E-state index in [0.717, 1.165) is 19.3 Å². The third-order valence-corrected chi connectivity index (χ3v) is 5.75. The summed E-state index contributed by atoms with van der Waals surface area (Å²) in [6.07, 6.45) is 5.71. The molecule has 0 aliphatic rings. The number of benzene rings is 3. The van der Waals surface area contributed by atoms with Crippen molar-refractivity contribution in [1.82, 2.24) is 4.57 Å². The van der Waals surface area contributed by atoms with Gasteiger partial charge in [-0.15, -0.1) is 0 Å². The van der Waals surface area contributed by atoms with Gasteiger partial charge in [-0.05, 0) is 53.6 Å². The van der Waals surface area contributed by atoms with E-state index < -0.39 is 0 Å². The summed E-state index contributed by atoms with van der Waals surface area (Å²) in [7, 11) is 2.21. The Hall–Kier alpha value is -2.54. The van der Waals surface area contributed by atoms with Gasteiger partial charge in [-0.1, -0.05) is 75.2 Å². The van der Waals surface area contributed by atoms with Crippen LogP contribution in [0.3, 0.4) is 0 Å². The smallest absolute Gasteiger partial charge is 0.0494 e. The summed E-state index contributed by atoms with van der Waals surface area (Å²) in [5.74, 6) is 0. The molecule has 138 valence electrons. The molecule has 0 bridgehead atoms. The zero-order valence-electron chi connectivity index (χ0n) is 16.8. The van der Waals surface area contributed by atoms with Crippen LogP contribution in [0, 0.1) is 0 Å². The molecule has 0 spiro atoms. The van der Waals surface area contributed by atoms with E-state index in [1.807, 2.05) is 0 Å². The minimum atomic E-state index is 1.02. The van der Waals surface area contributed by atoms with Gasteiger partial charge in [-0.3, -0.25) is 0 Å². The molecule has 0 aliphatic heterocycles. The van der Waals surface area contributed by atoms with Gasteiger partial charge in [0, 0.05) is 28.9 Å². The third kappa shape index (κ3) is 3.16. The van der Waals surface area contributed by atoms with Crippen LogP contribution in [0.1, 0.15) is 48.9 Å². The first-order chi connectivity index (χ1) is 13.2. The number of nitrogens with zero attached hydrogens (tertiary/aromatic N) is 1. The van der Waals surface area contributed by atoms with E-state index in [2.05, 4.69) is 86.1 Å². The molecule has 0 atom stereocenters. The van der Waals surface area contributed by atoms with E-state index >= 15 is 0 Å². The average molecular weight is 356 g/mol. The SMILES string of the molecule is CCCc1c(Cc2ccccc2)cc2c(c1CCC)c1ccccc1n2C. The molecule has 0 unspecified atom stereocenters. The van der Waals surface area contributed by atoms with Crippen molar-refractivity contribution >= 4 is 21.8 Å². The summed E-state index contributed by atoms with van der Waals surface area (Å²) >= 11 is 0. The molecule has 4 rings (SSSR count). The van der Waals surface area contributed by atoms with Crippen LogP contribution in [0.25, 0.3) is 21.8 Å². The molecule has 4 aromatic rings. The summed E-state index contributed by atoms with van der Waals surface area (Å²) in [6, 6.07) is 22.2. The molecule has 3 aromatic carbocycles. The third-order valence-electron chi connectivity index (χ3n) is 5.75. The maximum Gasteiger partial charge on any atom is 0.0494 e. The Balaban J connectivity index is 2.03. The van der Waals surface area contributed by atoms with E-state index in [-0.39, 0.29) is 0 Å². The first kappa shape index (κ1) is 17.9. The summed E-state index contributed by atoms with van der Waals surface area (Å²) in [5, 5.41) is 2.89. The van der Waals surface area contributed by atoms with Crippen LogP contribution < -0.4 is 0 Å². The maximum atomic E-state index is 2.46. The van der Waals surface area contributed by atoms with Crippen molar-refractivity contribution in [2.45, 2.75) is 46.0 Å². The minimum absolute atomic E-state index is 1.02. The van der Waals surface area contributed by atoms with Crippen LogP contribution in [0.2, 0.25) is 0 Å². The van der Waals surface area contributed by atoms with E-state index in [1.165, 1.54) is 45.8 Å². The molecule has 0 saturated heterocycles. The number of aromatic nitrogens is 1. The fourth-order valence-corrected chi connectivity index (χ4v) is 4.56. The molecule has 27 heavy (non-hydrogen) atoms. The number of fused-ring (bicyclic) bond motifs is 3. The zero-order valence-corrected chi connectivity index (χ0v) is 16.8. The molecule has 1 aromatic heterocycles. The van der Waals surface area contributed by atoms with Gasteiger partial charge in [-0.25, -0.2) is 0 Å². The Morgan fingerprint density at radius 2 is 1.41 bits per heavy atom. The van der Waals surface area contributed by atoms with E-state index in [1.54, 1.807) is 11.1 Å². The highest BCUT2D eigenvalue weighted by atomic mass is 14.9. The van der Waals surface area contributed by atoms with Crippen LogP contribution in [-0.2, 0) is 26.3 Å². The number of hydrogen-bond donors (Lipinski definition) is 0.